The van der Waals surface area contributed by atoms with Crippen molar-refractivity contribution in [1.29, 1.82) is 0 Å². The van der Waals surface area contributed by atoms with E-state index in [1.54, 1.807) is 0 Å². The van der Waals surface area contributed by atoms with Gasteiger partial charge in [0.15, 0.2) is 5.75 Å². The molecule has 0 amide bonds. The van der Waals surface area contributed by atoms with Gasteiger partial charge in [0.1, 0.15) is 0 Å². The van der Waals surface area contributed by atoms with E-state index in [0.717, 1.165) is 0 Å². The van der Waals surface area contributed by atoms with Crippen molar-refractivity contribution in [1.82, 2.24) is 0 Å². The summed E-state index contributed by atoms with van der Waals surface area (Å²) in [6, 6.07) is 0.780. The van der Waals surface area contributed by atoms with Crippen LogP contribution in [0.2, 0.25) is 0 Å². The number of phenolic OH excluding ortho intramolecular Hbond substituents is 1. The normalized spacial score (nSPS) is 11.3. The zero-order valence-electron chi connectivity index (χ0n) is 8.61. The number of halogens is 3. The summed E-state index contributed by atoms with van der Waals surface area (Å²) in [4.78, 5) is 9.56. The molecule has 0 fully saturated rings. The van der Waals surface area contributed by atoms with Crippen LogP contribution in [0.25, 0.3) is 0 Å². The minimum Gasteiger partial charge on any atom is -0.502 e. The molecule has 0 atom stereocenters. The lowest BCUT2D eigenvalue weighted by molar-refractivity contribution is -0.386. The first-order valence-corrected chi connectivity index (χ1v) is 4.48. The van der Waals surface area contributed by atoms with Crippen LogP contribution in [0.5, 0.6) is 11.5 Å². The monoisotopic (exact) mass is 251 g/mol. The first kappa shape index (κ1) is 13.1. The Morgan fingerprint density at radius 2 is 2.06 bits per heavy atom. The molecule has 0 radical (unpaired) electrons. The molecular weight excluding hydrogens is 243 g/mol. The third-order valence-corrected chi connectivity index (χ3v) is 1.86. The second kappa shape index (κ2) is 4.48. The molecule has 0 bridgehead atoms. The van der Waals surface area contributed by atoms with Crippen LogP contribution in [0.15, 0.2) is 12.1 Å². The number of nitrogens with zero attached hydrogens (tertiary/aromatic N) is 1. The van der Waals surface area contributed by atoms with Crippen molar-refractivity contribution >= 4 is 5.69 Å². The molecule has 0 unspecified atom stereocenters. The Morgan fingerprint density at radius 3 is 2.47 bits per heavy atom. The van der Waals surface area contributed by atoms with E-state index in [1.807, 2.05) is 0 Å². The number of ether oxygens (including phenoxy) is 1. The predicted molar refractivity (Wildman–Crippen MR) is 50.9 cm³/mol. The SMILES string of the molecule is CCOc1cc(C(F)(F)F)cc(O)c1[N+](=O)[O-]. The first-order valence-electron chi connectivity index (χ1n) is 4.48. The van der Waals surface area contributed by atoms with Crippen LogP contribution in [0, 0.1) is 10.1 Å². The second-order valence-electron chi connectivity index (χ2n) is 3.03. The van der Waals surface area contributed by atoms with Crippen molar-refractivity contribution in [3.63, 3.8) is 0 Å². The van der Waals surface area contributed by atoms with Gasteiger partial charge in [-0.15, -0.1) is 0 Å². The number of nitro benzene ring substituents is 1. The lowest BCUT2D eigenvalue weighted by Crippen LogP contribution is -2.07. The maximum atomic E-state index is 12.4. The van der Waals surface area contributed by atoms with Crippen LogP contribution in [0.1, 0.15) is 12.5 Å². The zero-order chi connectivity index (χ0) is 13.2. The van der Waals surface area contributed by atoms with Gasteiger partial charge in [-0.25, -0.2) is 0 Å². The Morgan fingerprint density at radius 1 is 1.47 bits per heavy atom. The smallest absolute Gasteiger partial charge is 0.416 e. The maximum Gasteiger partial charge on any atom is 0.416 e. The summed E-state index contributed by atoms with van der Waals surface area (Å²) in [6.45, 7) is 1.41. The van der Waals surface area contributed by atoms with Gasteiger partial charge in [0.25, 0.3) is 0 Å². The second-order valence-corrected chi connectivity index (χ2v) is 3.03. The number of benzene rings is 1. The number of aromatic hydroxyl groups is 1. The van der Waals surface area contributed by atoms with E-state index >= 15 is 0 Å². The fraction of sp³-hybridized carbons (Fsp3) is 0.333. The molecule has 94 valence electrons. The molecule has 1 N–H and O–H groups in total. The summed E-state index contributed by atoms with van der Waals surface area (Å²) in [5, 5.41) is 19.8. The van der Waals surface area contributed by atoms with Gasteiger partial charge in [-0.3, -0.25) is 10.1 Å². The van der Waals surface area contributed by atoms with E-state index in [9.17, 15) is 28.4 Å². The third kappa shape index (κ3) is 2.77. The van der Waals surface area contributed by atoms with E-state index in [-0.39, 0.29) is 6.61 Å². The van der Waals surface area contributed by atoms with Crippen molar-refractivity contribution in [2.45, 2.75) is 13.1 Å². The Labute approximate surface area is 93.6 Å². The lowest BCUT2D eigenvalue weighted by atomic mass is 10.1. The van der Waals surface area contributed by atoms with Gasteiger partial charge in [0.05, 0.1) is 17.1 Å². The molecule has 0 heterocycles. The van der Waals surface area contributed by atoms with Crippen LogP contribution in [0.3, 0.4) is 0 Å². The zero-order valence-corrected chi connectivity index (χ0v) is 8.61. The third-order valence-electron chi connectivity index (χ3n) is 1.86. The van der Waals surface area contributed by atoms with E-state index in [2.05, 4.69) is 0 Å². The average Bonchev–Trinajstić information content (AvgIpc) is 2.15. The molecule has 8 heteroatoms. The highest BCUT2D eigenvalue weighted by Gasteiger charge is 2.35. The molecule has 1 aromatic rings. The van der Waals surface area contributed by atoms with Crippen molar-refractivity contribution in [3.8, 4) is 11.5 Å². The van der Waals surface area contributed by atoms with Crippen LogP contribution in [0.4, 0.5) is 18.9 Å². The quantitative estimate of drug-likeness (QED) is 0.662. The molecule has 0 spiro atoms. The predicted octanol–water partition coefficient (Wildman–Crippen LogP) is 2.72. The lowest BCUT2D eigenvalue weighted by Gasteiger charge is -2.10. The van der Waals surface area contributed by atoms with Gasteiger partial charge in [-0.2, -0.15) is 13.2 Å². The van der Waals surface area contributed by atoms with Gasteiger partial charge >= 0.3 is 11.9 Å². The van der Waals surface area contributed by atoms with Crippen molar-refractivity contribution in [2.24, 2.45) is 0 Å². The molecule has 0 saturated heterocycles. The minimum absolute atomic E-state index is 0.0540. The molecule has 1 rings (SSSR count). The van der Waals surface area contributed by atoms with E-state index in [1.165, 1.54) is 6.92 Å². The van der Waals surface area contributed by atoms with Gasteiger partial charge in [0.2, 0.25) is 5.75 Å². The van der Waals surface area contributed by atoms with Crippen LogP contribution in [-0.4, -0.2) is 16.6 Å². The van der Waals surface area contributed by atoms with Gasteiger partial charge in [-0.1, -0.05) is 0 Å². The molecule has 1 aromatic carbocycles. The number of hydrogen-bond acceptors (Lipinski definition) is 4. The average molecular weight is 251 g/mol. The Bertz CT molecular complexity index is 445. The number of phenols is 1. The summed E-state index contributed by atoms with van der Waals surface area (Å²) in [7, 11) is 0. The van der Waals surface area contributed by atoms with E-state index in [4.69, 9.17) is 4.74 Å². The summed E-state index contributed by atoms with van der Waals surface area (Å²) in [6.07, 6.45) is -4.71. The summed E-state index contributed by atoms with van der Waals surface area (Å²) < 4.78 is 41.9. The maximum absolute atomic E-state index is 12.4. The largest absolute Gasteiger partial charge is 0.502 e. The molecule has 0 aliphatic heterocycles. The summed E-state index contributed by atoms with van der Waals surface area (Å²) in [5.74, 6) is -1.68. The fourth-order valence-electron chi connectivity index (χ4n) is 1.21. The van der Waals surface area contributed by atoms with Gasteiger partial charge in [0, 0.05) is 0 Å². The van der Waals surface area contributed by atoms with Crippen molar-refractivity contribution < 1.29 is 27.9 Å². The number of rotatable bonds is 3. The first-order chi connectivity index (χ1) is 7.77. The summed E-state index contributed by atoms with van der Waals surface area (Å²) in [5.41, 5.74) is -2.08. The van der Waals surface area contributed by atoms with Crippen LogP contribution in [-0.2, 0) is 6.18 Å². The van der Waals surface area contributed by atoms with Crippen molar-refractivity contribution in [2.75, 3.05) is 6.61 Å². The standard InChI is InChI=1S/C9H8F3NO4/c1-2-17-7-4-5(9(10,11)12)3-6(14)8(7)13(15)16/h3-4,14H,2H2,1H3. The highest BCUT2D eigenvalue weighted by molar-refractivity contribution is 5.59. The van der Waals surface area contributed by atoms with Crippen LogP contribution < -0.4 is 4.74 Å². The molecule has 0 aliphatic carbocycles. The van der Waals surface area contributed by atoms with Gasteiger partial charge < -0.3 is 9.84 Å². The Hall–Kier alpha value is -1.99. The fourth-order valence-corrected chi connectivity index (χ4v) is 1.21. The Balaban J connectivity index is 3.41. The van der Waals surface area contributed by atoms with E-state index < -0.39 is 33.8 Å². The molecular formula is C9H8F3NO4. The number of alkyl halides is 3. The topological polar surface area (TPSA) is 72.6 Å². The minimum atomic E-state index is -4.71. The summed E-state index contributed by atoms with van der Waals surface area (Å²) >= 11 is 0. The molecule has 5 nitrogen and oxygen atoms in total. The molecule has 0 aliphatic rings. The van der Waals surface area contributed by atoms with Gasteiger partial charge in [-0.05, 0) is 19.1 Å². The van der Waals surface area contributed by atoms with E-state index in [0.29, 0.717) is 12.1 Å². The van der Waals surface area contributed by atoms with Crippen molar-refractivity contribution in [3.05, 3.63) is 27.8 Å². The highest BCUT2D eigenvalue weighted by Crippen LogP contribution is 2.42. The Kier molecular flexibility index (Phi) is 3.45. The highest BCUT2D eigenvalue weighted by atomic mass is 19.4. The molecule has 0 saturated carbocycles. The number of hydrogen-bond donors (Lipinski definition) is 1. The molecule has 0 aromatic heterocycles. The number of nitro groups is 1. The molecule has 17 heavy (non-hydrogen) atoms. The van der Waals surface area contributed by atoms with Crippen LogP contribution >= 0.6 is 0 Å².